The van der Waals surface area contributed by atoms with Crippen LogP contribution in [0.1, 0.15) is 5.56 Å². The molecule has 9 heteroatoms. The van der Waals surface area contributed by atoms with Crippen LogP contribution in [0.2, 0.25) is 0 Å². The quantitative estimate of drug-likeness (QED) is 0.295. The van der Waals surface area contributed by atoms with E-state index in [2.05, 4.69) is 21.4 Å². The van der Waals surface area contributed by atoms with Gasteiger partial charge in [0.05, 0.1) is 21.7 Å². The van der Waals surface area contributed by atoms with Gasteiger partial charge in [-0.1, -0.05) is 30.3 Å². The van der Waals surface area contributed by atoms with Crippen LogP contribution in [0.5, 0.6) is 0 Å². The van der Waals surface area contributed by atoms with Gasteiger partial charge in [0.1, 0.15) is 5.69 Å². The Labute approximate surface area is 179 Å². The van der Waals surface area contributed by atoms with Crippen molar-refractivity contribution in [3.63, 3.8) is 0 Å². The number of aromatic nitrogens is 5. The van der Waals surface area contributed by atoms with E-state index >= 15 is 0 Å². The Kier molecular flexibility index (Phi) is 4.76. The van der Waals surface area contributed by atoms with E-state index in [1.54, 1.807) is 33.6 Å². The number of hydrogen-bond donors (Lipinski definition) is 1. The molecule has 0 saturated heterocycles. The van der Waals surface area contributed by atoms with Crippen LogP contribution < -0.4 is 0 Å². The zero-order valence-corrected chi connectivity index (χ0v) is 17.4. The van der Waals surface area contributed by atoms with Gasteiger partial charge in [-0.3, -0.25) is 0 Å². The predicted molar refractivity (Wildman–Crippen MR) is 121 cm³/mol. The summed E-state index contributed by atoms with van der Waals surface area (Å²) in [5.74, 6) is 0.689. The lowest BCUT2D eigenvalue weighted by molar-refractivity contribution is 0.873. The molecule has 6 nitrogen and oxygen atoms in total. The first-order chi connectivity index (χ1) is 14.3. The van der Waals surface area contributed by atoms with Crippen LogP contribution in [-0.4, -0.2) is 30.9 Å². The van der Waals surface area contributed by atoms with Crippen molar-refractivity contribution in [2.45, 2.75) is 0 Å². The molecule has 0 radical (unpaired) electrons. The molecule has 5 aromatic rings. The number of hydrogen-bond acceptors (Lipinski definition) is 6. The summed E-state index contributed by atoms with van der Waals surface area (Å²) in [6.07, 6.45) is 3.76. The molecule has 0 aliphatic rings. The number of benzene rings is 1. The van der Waals surface area contributed by atoms with Gasteiger partial charge in [-0.05, 0) is 47.2 Å². The SMILES string of the molecule is S=c1[nH]nc(-c2cccs2)n1/N=C\c1cn(-c2ccccc2)nc1-c1cccs1. The predicted octanol–water partition coefficient (Wildman–Crippen LogP) is 5.47. The lowest BCUT2D eigenvalue weighted by Gasteiger charge is -1.98. The molecular weight excluding hydrogens is 420 g/mol. The summed E-state index contributed by atoms with van der Waals surface area (Å²) in [5, 5.41) is 20.6. The largest absolute Gasteiger partial charge is 0.250 e. The standard InChI is InChI=1S/C20H14N6S3/c27-20-23-22-19(17-9-5-11-29-17)26(20)21-12-14-13-25(15-6-2-1-3-7-15)24-18(14)16-8-4-10-28-16/h1-13H,(H,23,27)/b21-12-. The number of para-hydroxylation sites is 1. The molecule has 0 fully saturated rings. The van der Waals surface area contributed by atoms with Crippen molar-refractivity contribution < 1.29 is 0 Å². The Bertz CT molecular complexity index is 1310. The summed E-state index contributed by atoms with van der Waals surface area (Å²) in [4.78, 5) is 2.07. The molecule has 0 aliphatic heterocycles. The minimum absolute atomic E-state index is 0.442. The minimum atomic E-state index is 0.442. The van der Waals surface area contributed by atoms with Crippen LogP contribution in [-0.2, 0) is 0 Å². The fraction of sp³-hybridized carbons (Fsp3) is 0. The van der Waals surface area contributed by atoms with Crippen LogP contribution in [0.15, 0.2) is 76.7 Å². The first-order valence-electron chi connectivity index (χ1n) is 8.74. The maximum absolute atomic E-state index is 5.37. The van der Waals surface area contributed by atoms with Gasteiger partial charge in [0.15, 0.2) is 5.82 Å². The second kappa shape index (κ2) is 7.70. The van der Waals surface area contributed by atoms with E-state index in [0.717, 1.165) is 26.7 Å². The van der Waals surface area contributed by atoms with Gasteiger partial charge >= 0.3 is 0 Å². The maximum atomic E-state index is 5.37. The van der Waals surface area contributed by atoms with E-state index in [9.17, 15) is 0 Å². The molecule has 0 saturated carbocycles. The molecule has 0 bridgehead atoms. The van der Waals surface area contributed by atoms with Crippen molar-refractivity contribution in [2.75, 3.05) is 0 Å². The fourth-order valence-corrected chi connectivity index (χ4v) is 4.49. The Morgan fingerprint density at radius 3 is 2.45 bits per heavy atom. The summed E-state index contributed by atoms with van der Waals surface area (Å²) >= 11 is 8.61. The van der Waals surface area contributed by atoms with E-state index in [4.69, 9.17) is 17.3 Å². The Hall–Kier alpha value is -3.14. The van der Waals surface area contributed by atoms with Gasteiger partial charge in [0, 0.05) is 11.8 Å². The highest BCUT2D eigenvalue weighted by molar-refractivity contribution is 7.71. The Balaban J connectivity index is 1.59. The van der Waals surface area contributed by atoms with E-state index in [1.807, 2.05) is 70.2 Å². The smallest absolute Gasteiger partial charge is 0.216 e. The van der Waals surface area contributed by atoms with Crippen LogP contribution in [0.4, 0.5) is 0 Å². The third-order valence-corrected chi connectivity index (χ3v) is 6.23. The first kappa shape index (κ1) is 17.9. The van der Waals surface area contributed by atoms with Gasteiger partial charge < -0.3 is 0 Å². The topological polar surface area (TPSA) is 63.8 Å². The van der Waals surface area contributed by atoms with E-state index in [1.165, 1.54) is 0 Å². The van der Waals surface area contributed by atoms with Crippen molar-refractivity contribution in [1.82, 2.24) is 24.7 Å². The highest BCUT2D eigenvalue weighted by Gasteiger charge is 2.13. The highest BCUT2D eigenvalue weighted by atomic mass is 32.1. The molecule has 1 aromatic carbocycles. The number of nitrogens with zero attached hydrogens (tertiary/aromatic N) is 5. The second-order valence-electron chi connectivity index (χ2n) is 6.08. The molecule has 0 atom stereocenters. The molecule has 0 unspecified atom stereocenters. The molecule has 29 heavy (non-hydrogen) atoms. The molecular formula is C20H14N6S3. The van der Waals surface area contributed by atoms with Gasteiger partial charge in [-0.2, -0.15) is 20.0 Å². The van der Waals surface area contributed by atoms with E-state index in [-0.39, 0.29) is 0 Å². The average Bonchev–Trinajstić information content (AvgIpc) is 3.53. The van der Waals surface area contributed by atoms with Crippen molar-refractivity contribution in [3.05, 3.63) is 81.9 Å². The van der Waals surface area contributed by atoms with Crippen molar-refractivity contribution in [1.29, 1.82) is 0 Å². The lowest BCUT2D eigenvalue weighted by Crippen LogP contribution is -1.94. The zero-order valence-electron chi connectivity index (χ0n) is 15.0. The number of aromatic amines is 1. The summed E-state index contributed by atoms with van der Waals surface area (Å²) < 4.78 is 3.95. The molecule has 0 spiro atoms. The Morgan fingerprint density at radius 2 is 1.72 bits per heavy atom. The summed E-state index contributed by atoms with van der Waals surface area (Å²) in [6.45, 7) is 0. The molecule has 4 aromatic heterocycles. The minimum Gasteiger partial charge on any atom is -0.250 e. The summed E-state index contributed by atoms with van der Waals surface area (Å²) in [6, 6.07) is 18.1. The van der Waals surface area contributed by atoms with Gasteiger partial charge in [-0.25, -0.2) is 9.78 Å². The van der Waals surface area contributed by atoms with Gasteiger partial charge in [0.2, 0.25) is 4.77 Å². The molecule has 0 amide bonds. The molecule has 142 valence electrons. The number of nitrogens with one attached hydrogen (secondary N) is 1. The molecule has 5 rings (SSSR count). The molecule has 4 heterocycles. The van der Waals surface area contributed by atoms with E-state index in [0.29, 0.717) is 10.6 Å². The fourth-order valence-electron chi connectivity index (χ4n) is 2.88. The average molecular weight is 435 g/mol. The second-order valence-corrected chi connectivity index (χ2v) is 8.36. The highest BCUT2D eigenvalue weighted by Crippen LogP contribution is 2.27. The number of H-pyrrole nitrogens is 1. The van der Waals surface area contributed by atoms with Crippen molar-refractivity contribution >= 4 is 41.1 Å². The third-order valence-electron chi connectivity index (χ3n) is 4.22. The van der Waals surface area contributed by atoms with Crippen LogP contribution in [0, 0.1) is 4.77 Å². The summed E-state index contributed by atoms with van der Waals surface area (Å²) in [5.41, 5.74) is 2.76. The normalized spacial score (nSPS) is 11.4. The summed E-state index contributed by atoms with van der Waals surface area (Å²) in [7, 11) is 0. The van der Waals surface area contributed by atoms with Gasteiger partial charge in [0.25, 0.3) is 0 Å². The van der Waals surface area contributed by atoms with Crippen LogP contribution >= 0.6 is 34.9 Å². The maximum Gasteiger partial charge on any atom is 0.216 e. The van der Waals surface area contributed by atoms with Crippen LogP contribution in [0.3, 0.4) is 0 Å². The lowest BCUT2D eigenvalue weighted by atomic mass is 10.2. The number of thiophene rings is 2. The molecule has 1 N–H and O–H groups in total. The van der Waals surface area contributed by atoms with Gasteiger partial charge in [-0.15, -0.1) is 22.7 Å². The number of rotatable bonds is 5. The third kappa shape index (κ3) is 3.51. The van der Waals surface area contributed by atoms with Crippen molar-refractivity contribution in [3.8, 4) is 27.0 Å². The van der Waals surface area contributed by atoms with Crippen molar-refractivity contribution in [2.24, 2.45) is 5.10 Å². The van der Waals surface area contributed by atoms with E-state index < -0.39 is 0 Å². The zero-order chi connectivity index (χ0) is 19.6. The first-order valence-corrected chi connectivity index (χ1v) is 10.9. The monoisotopic (exact) mass is 434 g/mol. The molecule has 0 aliphatic carbocycles. The Morgan fingerprint density at radius 1 is 0.966 bits per heavy atom. The van der Waals surface area contributed by atoms with Crippen LogP contribution in [0.25, 0.3) is 27.0 Å².